The maximum Gasteiger partial charge on any atom is 0.204 e. The molecule has 6 rings (SSSR count). The van der Waals surface area contributed by atoms with Gasteiger partial charge in [0.05, 0.1) is 0 Å². The van der Waals surface area contributed by atoms with Gasteiger partial charge in [0.1, 0.15) is 11.6 Å². The third kappa shape index (κ3) is 5.84. The lowest BCUT2D eigenvalue weighted by Gasteiger charge is -2.37. The molecule has 7 heteroatoms. The SMILES string of the molecule is N#CC1=Cc2ccc(N3CCN(Cc4ccccc4)CC3)c3cccc(c23)C1=O.O=C(CF)c1ccc(S)cc1. The molecular weight excluding hydrogens is 521 g/mol. The number of halogens is 1. The number of hydrogen-bond acceptors (Lipinski definition) is 6. The van der Waals surface area contributed by atoms with Crippen molar-refractivity contribution >= 4 is 46.7 Å². The van der Waals surface area contributed by atoms with Crippen LogP contribution >= 0.6 is 12.6 Å². The van der Waals surface area contributed by atoms with Crippen molar-refractivity contribution in [1.82, 2.24) is 4.90 Å². The van der Waals surface area contributed by atoms with Gasteiger partial charge in [-0.25, -0.2) is 4.39 Å². The molecule has 1 aliphatic heterocycles. The van der Waals surface area contributed by atoms with E-state index in [1.807, 2.05) is 24.3 Å². The van der Waals surface area contributed by atoms with Crippen LogP contribution in [0.4, 0.5) is 10.1 Å². The first-order valence-electron chi connectivity index (χ1n) is 13.1. The molecule has 1 heterocycles. The van der Waals surface area contributed by atoms with E-state index < -0.39 is 12.5 Å². The summed E-state index contributed by atoms with van der Waals surface area (Å²) in [6.07, 6.45) is 1.72. The Kier molecular flexibility index (Phi) is 8.40. The molecule has 0 N–H and O–H groups in total. The number of carbonyl (C=O) groups excluding carboxylic acids is 2. The van der Waals surface area contributed by atoms with Gasteiger partial charge in [0.25, 0.3) is 0 Å². The second-order valence-electron chi connectivity index (χ2n) is 9.75. The van der Waals surface area contributed by atoms with Crippen molar-refractivity contribution in [3.05, 3.63) is 113 Å². The summed E-state index contributed by atoms with van der Waals surface area (Å²) in [4.78, 5) is 29.0. The highest BCUT2D eigenvalue weighted by molar-refractivity contribution is 7.80. The van der Waals surface area contributed by atoms with Crippen molar-refractivity contribution in [3.63, 3.8) is 0 Å². The van der Waals surface area contributed by atoms with Crippen LogP contribution in [-0.4, -0.2) is 49.3 Å². The Labute approximate surface area is 238 Å². The molecule has 2 aliphatic rings. The normalized spacial score (nSPS) is 14.7. The van der Waals surface area contributed by atoms with E-state index in [0.717, 1.165) is 54.0 Å². The van der Waals surface area contributed by atoms with E-state index in [1.165, 1.54) is 11.3 Å². The van der Waals surface area contributed by atoms with Crippen LogP contribution in [0.25, 0.3) is 16.8 Å². The van der Waals surface area contributed by atoms with Crippen molar-refractivity contribution in [2.75, 3.05) is 37.8 Å². The third-order valence-corrected chi connectivity index (χ3v) is 7.53. The number of piperazine rings is 1. The fourth-order valence-electron chi connectivity index (χ4n) is 5.17. The zero-order chi connectivity index (χ0) is 28.1. The van der Waals surface area contributed by atoms with Crippen molar-refractivity contribution in [1.29, 1.82) is 5.26 Å². The first-order chi connectivity index (χ1) is 19.5. The molecule has 1 saturated heterocycles. The van der Waals surface area contributed by atoms with Crippen LogP contribution in [0.3, 0.4) is 0 Å². The number of Topliss-reactive ketones (excluding diaryl/α,β-unsaturated/α-hetero) is 2. The van der Waals surface area contributed by atoms with Gasteiger partial charge >= 0.3 is 0 Å². The molecule has 0 bridgehead atoms. The second kappa shape index (κ2) is 12.3. The minimum Gasteiger partial charge on any atom is -0.368 e. The fourth-order valence-corrected chi connectivity index (χ4v) is 5.32. The van der Waals surface area contributed by atoms with E-state index in [0.29, 0.717) is 11.1 Å². The van der Waals surface area contributed by atoms with Gasteiger partial charge < -0.3 is 4.90 Å². The molecule has 200 valence electrons. The molecule has 0 atom stereocenters. The molecule has 1 fully saturated rings. The number of nitriles is 1. The Hall–Kier alpha value is -4.25. The lowest BCUT2D eigenvalue weighted by molar-refractivity contribution is 0.0958. The van der Waals surface area contributed by atoms with Gasteiger partial charge in [0.15, 0.2) is 12.5 Å². The number of nitrogens with zero attached hydrogens (tertiary/aromatic N) is 3. The van der Waals surface area contributed by atoms with Crippen LogP contribution in [0.15, 0.2) is 95.4 Å². The van der Waals surface area contributed by atoms with Gasteiger partial charge in [0, 0.05) is 65.2 Å². The minimum absolute atomic E-state index is 0.171. The largest absolute Gasteiger partial charge is 0.368 e. The quantitative estimate of drug-likeness (QED) is 0.231. The maximum absolute atomic E-state index is 12.6. The van der Waals surface area contributed by atoms with Gasteiger partial charge in [0.2, 0.25) is 5.78 Å². The molecule has 4 aromatic carbocycles. The summed E-state index contributed by atoms with van der Waals surface area (Å²) >= 11 is 4.02. The molecule has 0 saturated carbocycles. The number of rotatable bonds is 5. The van der Waals surface area contributed by atoms with Gasteiger partial charge in [-0.1, -0.05) is 66.7 Å². The third-order valence-electron chi connectivity index (χ3n) is 7.23. The fraction of sp³-hybridized carbons (Fsp3) is 0.182. The maximum atomic E-state index is 12.6. The monoisotopic (exact) mass is 549 g/mol. The summed E-state index contributed by atoms with van der Waals surface area (Å²) in [7, 11) is 0. The van der Waals surface area contributed by atoms with Crippen molar-refractivity contribution < 1.29 is 14.0 Å². The molecule has 0 amide bonds. The van der Waals surface area contributed by atoms with E-state index in [9.17, 15) is 19.2 Å². The summed E-state index contributed by atoms with van der Waals surface area (Å²) in [6, 6.07) is 29.1. The van der Waals surface area contributed by atoms with Crippen molar-refractivity contribution in [2.24, 2.45) is 0 Å². The summed E-state index contributed by atoms with van der Waals surface area (Å²) < 4.78 is 11.8. The van der Waals surface area contributed by atoms with Crippen LogP contribution in [-0.2, 0) is 6.54 Å². The smallest absolute Gasteiger partial charge is 0.204 e. The zero-order valence-electron chi connectivity index (χ0n) is 21.9. The Bertz CT molecular complexity index is 1620. The topological polar surface area (TPSA) is 64.4 Å². The first kappa shape index (κ1) is 27.3. The van der Waals surface area contributed by atoms with E-state index in [4.69, 9.17) is 0 Å². The van der Waals surface area contributed by atoms with Crippen molar-refractivity contribution in [3.8, 4) is 6.07 Å². The number of carbonyl (C=O) groups is 2. The highest BCUT2D eigenvalue weighted by atomic mass is 32.1. The Morgan fingerprint density at radius 2 is 1.62 bits per heavy atom. The second-order valence-corrected chi connectivity index (χ2v) is 10.3. The molecular formula is C33H28FN3O2S. The van der Waals surface area contributed by atoms with Gasteiger partial charge in [-0.2, -0.15) is 5.26 Å². The number of allylic oxidation sites excluding steroid dienone is 1. The van der Waals surface area contributed by atoms with Gasteiger partial charge in [-0.15, -0.1) is 12.6 Å². The molecule has 5 nitrogen and oxygen atoms in total. The molecule has 1 aliphatic carbocycles. The van der Waals surface area contributed by atoms with Crippen LogP contribution in [0.1, 0.15) is 31.8 Å². The Balaban J connectivity index is 0.000000248. The standard InChI is InChI=1S/C25H21N3O.C8H7FOS/c26-16-20-15-19-9-10-23(21-7-4-8-22(24(19)21)25(20)29)28-13-11-27(12-14-28)17-18-5-2-1-3-6-18;9-5-8(10)6-1-3-7(11)4-2-6/h1-10,15H,11-14,17H2;1-4,11H,5H2. The van der Waals surface area contributed by atoms with Crippen LogP contribution in [0, 0.1) is 11.3 Å². The predicted octanol–water partition coefficient (Wildman–Crippen LogP) is 6.39. The molecule has 0 unspecified atom stereocenters. The van der Waals surface area contributed by atoms with Crippen LogP contribution in [0.2, 0.25) is 0 Å². The lowest BCUT2D eigenvalue weighted by Crippen LogP contribution is -2.46. The van der Waals surface area contributed by atoms with Gasteiger partial charge in [-0.05, 0) is 35.4 Å². The van der Waals surface area contributed by atoms with E-state index in [-0.39, 0.29) is 11.4 Å². The molecule has 0 spiro atoms. The number of hydrogen-bond donors (Lipinski definition) is 1. The lowest BCUT2D eigenvalue weighted by atomic mass is 9.87. The number of thiol groups is 1. The van der Waals surface area contributed by atoms with Crippen LogP contribution < -0.4 is 4.90 Å². The average Bonchev–Trinajstić information content (AvgIpc) is 3.00. The zero-order valence-corrected chi connectivity index (χ0v) is 22.8. The highest BCUT2D eigenvalue weighted by Crippen LogP contribution is 2.37. The van der Waals surface area contributed by atoms with Crippen molar-refractivity contribution in [2.45, 2.75) is 11.4 Å². The number of ketones is 2. The first-order valence-corrected chi connectivity index (χ1v) is 13.5. The van der Waals surface area contributed by atoms with Crippen LogP contribution in [0.5, 0.6) is 0 Å². The highest BCUT2D eigenvalue weighted by Gasteiger charge is 2.25. The molecule has 40 heavy (non-hydrogen) atoms. The molecule has 0 radical (unpaired) electrons. The summed E-state index contributed by atoms with van der Waals surface area (Å²) in [5.74, 6) is -0.659. The minimum atomic E-state index is -0.939. The van der Waals surface area contributed by atoms with E-state index in [2.05, 4.69) is 64.9 Å². The number of anilines is 1. The summed E-state index contributed by atoms with van der Waals surface area (Å²) in [6.45, 7) is 3.97. The summed E-state index contributed by atoms with van der Waals surface area (Å²) in [5, 5.41) is 11.3. The Morgan fingerprint density at radius 1 is 0.900 bits per heavy atom. The predicted molar refractivity (Wildman–Crippen MR) is 160 cm³/mol. The number of benzene rings is 4. The molecule has 4 aromatic rings. The number of alkyl halides is 1. The summed E-state index contributed by atoms with van der Waals surface area (Å²) in [5.41, 5.74) is 4.73. The van der Waals surface area contributed by atoms with E-state index >= 15 is 0 Å². The van der Waals surface area contributed by atoms with Gasteiger partial charge in [-0.3, -0.25) is 14.5 Å². The van der Waals surface area contributed by atoms with E-state index in [1.54, 1.807) is 30.3 Å². The Morgan fingerprint density at radius 3 is 2.30 bits per heavy atom. The molecule has 0 aromatic heterocycles. The average molecular weight is 550 g/mol.